The molecule has 0 aliphatic rings. The van der Waals surface area contributed by atoms with Crippen molar-refractivity contribution < 1.29 is 33.3 Å². The number of carbonyl (C=O) groups excluding carboxylic acids is 2. The standard InChI is InChI=1S/C47H58O7/c1-5-8-11-13-14-17-33-50-40-25-19-37(20-26-40)38-21-27-41(28-22-38)53-46(48)39-23-29-42(30-24-39)54-47(49)44-32-31-43(35-45(44)51-34-16-10-7-3)52-36(4)18-15-12-9-6-2/h7,19-32,35-36H,3,5-6,8-18,33-34H2,1-2,4H3/t36-/m1/s1. The molecule has 0 saturated heterocycles. The molecule has 0 amide bonds. The maximum atomic E-state index is 13.3. The number of ether oxygens (including phenoxy) is 5. The first kappa shape index (κ1) is 41.7. The zero-order valence-corrected chi connectivity index (χ0v) is 32.5. The summed E-state index contributed by atoms with van der Waals surface area (Å²) in [6.07, 6.45) is 16.5. The fourth-order valence-corrected chi connectivity index (χ4v) is 5.94. The first-order valence-corrected chi connectivity index (χ1v) is 19.8. The highest BCUT2D eigenvalue weighted by atomic mass is 16.5. The lowest BCUT2D eigenvalue weighted by molar-refractivity contribution is 0.0727. The van der Waals surface area contributed by atoms with Crippen LogP contribution in [0, 0.1) is 0 Å². The SMILES string of the molecule is C=CCCCOc1cc(O[C@H](C)CCCCCC)ccc1C(=O)Oc1ccc(C(=O)Oc2ccc(-c3ccc(OCCCCCCCC)cc3)cc2)cc1. The third-order valence-electron chi connectivity index (χ3n) is 9.10. The Morgan fingerprint density at radius 3 is 1.78 bits per heavy atom. The first-order chi connectivity index (χ1) is 26.4. The number of rotatable bonds is 25. The van der Waals surface area contributed by atoms with E-state index in [4.69, 9.17) is 23.7 Å². The average molecular weight is 735 g/mol. The Labute approximate surface area is 322 Å². The molecule has 7 heteroatoms. The molecule has 288 valence electrons. The van der Waals surface area contributed by atoms with Gasteiger partial charge >= 0.3 is 11.9 Å². The van der Waals surface area contributed by atoms with Crippen molar-refractivity contribution in [2.24, 2.45) is 0 Å². The molecule has 0 aromatic heterocycles. The first-order valence-electron chi connectivity index (χ1n) is 19.8. The molecule has 7 nitrogen and oxygen atoms in total. The van der Waals surface area contributed by atoms with Gasteiger partial charge in [0.2, 0.25) is 0 Å². The summed E-state index contributed by atoms with van der Waals surface area (Å²) in [6.45, 7) is 11.4. The van der Waals surface area contributed by atoms with Gasteiger partial charge in [-0.25, -0.2) is 9.59 Å². The predicted octanol–water partition coefficient (Wildman–Crippen LogP) is 12.6. The molecule has 0 N–H and O–H groups in total. The molecular formula is C47H58O7. The smallest absolute Gasteiger partial charge is 0.347 e. The highest BCUT2D eigenvalue weighted by Crippen LogP contribution is 2.29. The largest absolute Gasteiger partial charge is 0.494 e. The van der Waals surface area contributed by atoms with E-state index in [1.54, 1.807) is 54.6 Å². The topological polar surface area (TPSA) is 80.3 Å². The molecule has 4 aromatic rings. The molecule has 0 bridgehead atoms. The number of hydrogen-bond donors (Lipinski definition) is 0. The van der Waals surface area contributed by atoms with Crippen LogP contribution in [0.15, 0.2) is 104 Å². The number of hydrogen-bond acceptors (Lipinski definition) is 7. The van der Waals surface area contributed by atoms with Gasteiger partial charge in [0, 0.05) is 6.07 Å². The van der Waals surface area contributed by atoms with Crippen LogP contribution in [-0.4, -0.2) is 31.3 Å². The number of carbonyl (C=O) groups is 2. The van der Waals surface area contributed by atoms with Crippen molar-refractivity contribution in [3.63, 3.8) is 0 Å². The number of unbranched alkanes of at least 4 members (excludes halogenated alkanes) is 9. The van der Waals surface area contributed by atoms with E-state index in [1.807, 2.05) is 42.5 Å². The second-order valence-electron chi connectivity index (χ2n) is 13.7. The van der Waals surface area contributed by atoms with Gasteiger partial charge in [0.1, 0.15) is 34.3 Å². The van der Waals surface area contributed by atoms with Crippen LogP contribution < -0.4 is 23.7 Å². The van der Waals surface area contributed by atoms with E-state index in [2.05, 4.69) is 27.4 Å². The Balaban J connectivity index is 1.29. The Morgan fingerprint density at radius 2 is 1.13 bits per heavy atom. The van der Waals surface area contributed by atoms with Gasteiger partial charge in [0.05, 0.1) is 24.9 Å². The molecule has 0 radical (unpaired) electrons. The summed E-state index contributed by atoms with van der Waals surface area (Å²) >= 11 is 0. The number of allylic oxidation sites excluding steroid dienone is 1. The summed E-state index contributed by atoms with van der Waals surface area (Å²) < 4.78 is 29.4. The van der Waals surface area contributed by atoms with Crippen LogP contribution in [0.3, 0.4) is 0 Å². The Kier molecular flexibility index (Phi) is 18.2. The lowest BCUT2D eigenvalue weighted by atomic mass is 10.1. The molecule has 54 heavy (non-hydrogen) atoms. The lowest BCUT2D eigenvalue weighted by Gasteiger charge is -2.17. The summed E-state index contributed by atoms with van der Waals surface area (Å²) in [6, 6.07) is 26.9. The predicted molar refractivity (Wildman–Crippen MR) is 217 cm³/mol. The molecular weight excluding hydrogens is 677 g/mol. The maximum absolute atomic E-state index is 13.3. The minimum absolute atomic E-state index is 0.0425. The second-order valence-corrected chi connectivity index (χ2v) is 13.7. The zero-order chi connectivity index (χ0) is 38.4. The van der Waals surface area contributed by atoms with Crippen molar-refractivity contribution in [1.29, 1.82) is 0 Å². The maximum Gasteiger partial charge on any atom is 0.347 e. The minimum Gasteiger partial charge on any atom is -0.494 e. The molecule has 0 heterocycles. The second kappa shape index (κ2) is 23.6. The quantitative estimate of drug-likeness (QED) is 0.0290. The van der Waals surface area contributed by atoms with Crippen molar-refractivity contribution in [2.45, 2.75) is 110 Å². The van der Waals surface area contributed by atoms with Gasteiger partial charge < -0.3 is 23.7 Å². The Hall–Kier alpha value is -5.04. The van der Waals surface area contributed by atoms with Crippen LogP contribution >= 0.6 is 0 Å². The van der Waals surface area contributed by atoms with Gasteiger partial charge in [-0.1, -0.05) is 95.6 Å². The van der Waals surface area contributed by atoms with E-state index in [-0.39, 0.29) is 11.7 Å². The summed E-state index contributed by atoms with van der Waals surface area (Å²) in [7, 11) is 0. The van der Waals surface area contributed by atoms with Crippen LogP contribution in [0.4, 0.5) is 0 Å². The van der Waals surface area contributed by atoms with Crippen LogP contribution in [0.25, 0.3) is 11.1 Å². The molecule has 0 saturated carbocycles. The van der Waals surface area contributed by atoms with Crippen molar-refractivity contribution >= 4 is 11.9 Å². The van der Waals surface area contributed by atoms with E-state index in [9.17, 15) is 9.59 Å². The van der Waals surface area contributed by atoms with E-state index in [1.165, 1.54) is 51.4 Å². The molecule has 0 spiro atoms. The highest BCUT2D eigenvalue weighted by molar-refractivity contribution is 5.95. The third-order valence-corrected chi connectivity index (χ3v) is 9.10. The van der Waals surface area contributed by atoms with Crippen LogP contribution in [0.2, 0.25) is 0 Å². The van der Waals surface area contributed by atoms with Gasteiger partial charge in [-0.3, -0.25) is 0 Å². The summed E-state index contributed by atoms with van der Waals surface area (Å²) in [5.41, 5.74) is 2.66. The number of esters is 2. The van der Waals surface area contributed by atoms with Gasteiger partial charge in [-0.15, -0.1) is 6.58 Å². The monoisotopic (exact) mass is 734 g/mol. The minimum atomic E-state index is -0.571. The zero-order valence-electron chi connectivity index (χ0n) is 32.5. The van der Waals surface area contributed by atoms with Crippen molar-refractivity contribution in [3.8, 4) is 39.9 Å². The van der Waals surface area contributed by atoms with Crippen molar-refractivity contribution in [1.82, 2.24) is 0 Å². The molecule has 4 aromatic carbocycles. The van der Waals surface area contributed by atoms with Crippen molar-refractivity contribution in [3.05, 3.63) is 115 Å². The van der Waals surface area contributed by atoms with E-state index in [0.717, 1.165) is 55.6 Å². The molecule has 0 aliphatic carbocycles. The highest BCUT2D eigenvalue weighted by Gasteiger charge is 2.18. The van der Waals surface area contributed by atoms with E-state index in [0.29, 0.717) is 35.2 Å². The summed E-state index contributed by atoms with van der Waals surface area (Å²) in [5.74, 6) is 1.54. The fraction of sp³-hybridized carbons (Fsp3) is 0.404. The summed E-state index contributed by atoms with van der Waals surface area (Å²) in [4.78, 5) is 26.2. The van der Waals surface area contributed by atoms with Crippen LogP contribution in [0.5, 0.6) is 28.7 Å². The van der Waals surface area contributed by atoms with Gasteiger partial charge in [-0.2, -0.15) is 0 Å². The third kappa shape index (κ3) is 14.4. The van der Waals surface area contributed by atoms with E-state index < -0.39 is 11.9 Å². The molecule has 4 rings (SSSR count). The van der Waals surface area contributed by atoms with Crippen LogP contribution in [0.1, 0.15) is 125 Å². The molecule has 1 atom stereocenters. The van der Waals surface area contributed by atoms with Crippen LogP contribution in [-0.2, 0) is 0 Å². The van der Waals surface area contributed by atoms with Gasteiger partial charge in [-0.05, 0) is 111 Å². The molecule has 0 unspecified atom stereocenters. The normalized spacial score (nSPS) is 11.4. The summed E-state index contributed by atoms with van der Waals surface area (Å²) in [5, 5.41) is 0. The number of benzene rings is 4. The van der Waals surface area contributed by atoms with E-state index >= 15 is 0 Å². The van der Waals surface area contributed by atoms with Gasteiger partial charge in [0.25, 0.3) is 0 Å². The van der Waals surface area contributed by atoms with Crippen molar-refractivity contribution in [2.75, 3.05) is 13.2 Å². The van der Waals surface area contributed by atoms with Gasteiger partial charge in [0.15, 0.2) is 0 Å². The molecule has 0 aliphatic heterocycles. The lowest BCUT2D eigenvalue weighted by Crippen LogP contribution is -2.14. The average Bonchev–Trinajstić information content (AvgIpc) is 3.19. The Morgan fingerprint density at radius 1 is 0.593 bits per heavy atom. The molecule has 0 fully saturated rings. The Bertz CT molecular complexity index is 1690. The fourth-order valence-electron chi connectivity index (χ4n) is 5.94.